The minimum Gasteiger partial charge on any atom is -0.0654 e. The van der Waals surface area contributed by atoms with Gasteiger partial charge in [-0.25, -0.2) is 0 Å². The maximum absolute atomic E-state index is 2.32. The molecule has 0 heteroatoms. The summed E-state index contributed by atoms with van der Waals surface area (Å²) in [6, 6.07) is 0. The van der Waals surface area contributed by atoms with Crippen molar-refractivity contribution >= 4 is 0 Å². The Hall–Kier alpha value is 0. The molecule has 0 unspecified atom stereocenters. The topological polar surface area (TPSA) is 0 Å². The summed E-state index contributed by atoms with van der Waals surface area (Å²) in [6.07, 6.45) is 111. The normalized spacial score (nSPS) is 13.2. The van der Waals surface area contributed by atoms with E-state index in [2.05, 4.69) is 6.92 Å². The fourth-order valence-corrected chi connectivity index (χ4v) is 13.6. The van der Waals surface area contributed by atoms with E-state index in [0.29, 0.717) is 0 Å². The summed E-state index contributed by atoms with van der Waals surface area (Å²) in [6.45, 7) is 2.32. The average molecular weight is 1070 g/mol. The molecule has 456 valence electrons. The molecule has 76 heavy (non-hydrogen) atoms. The van der Waals surface area contributed by atoms with Crippen LogP contribution in [0.5, 0.6) is 0 Å². The van der Waals surface area contributed by atoms with Crippen molar-refractivity contribution in [3.05, 3.63) is 0 Å². The lowest BCUT2D eigenvalue weighted by atomic mass is 9.85. The summed E-state index contributed by atoms with van der Waals surface area (Å²) < 4.78 is 0. The second kappa shape index (κ2) is 69.3. The van der Waals surface area contributed by atoms with Gasteiger partial charge in [0, 0.05) is 0 Å². The second-order valence-electron chi connectivity index (χ2n) is 27.0. The van der Waals surface area contributed by atoms with Crippen LogP contribution in [0.25, 0.3) is 0 Å². The van der Waals surface area contributed by atoms with Gasteiger partial charge in [0.1, 0.15) is 0 Å². The second-order valence-corrected chi connectivity index (χ2v) is 27.0. The molecule has 0 aromatic rings. The third-order valence-electron chi connectivity index (χ3n) is 19.2. The Balaban J connectivity index is 1.58. The SMILES string of the molecule is CCCCCCCCCCCCCCCCCCCCCCCCCCCCCCCCCCCCCCCCCCCCCCCCCCCCCCCCCCCCCCCCCCCCCCC1CCCCC1. The minimum absolute atomic E-state index is 1.10. The van der Waals surface area contributed by atoms with Gasteiger partial charge in [0.2, 0.25) is 0 Å². The van der Waals surface area contributed by atoms with Gasteiger partial charge in [-0.15, -0.1) is 0 Å². The first-order chi connectivity index (χ1) is 37.9. The molecular formula is C76H152. The van der Waals surface area contributed by atoms with Crippen LogP contribution in [0, 0.1) is 5.92 Å². The third kappa shape index (κ3) is 64.8. The standard InChI is InChI=1S/C76H152/c1-2-3-4-5-6-7-8-9-10-11-12-13-14-15-16-17-18-19-20-21-22-23-24-25-26-27-28-29-30-31-32-33-34-35-36-37-38-39-40-41-42-43-44-45-46-47-48-49-50-51-52-53-54-55-56-57-58-59-60-61-62-63-64-65-66-67-68-70-73-76-74-71-69-72-75-76/h76H,2-75H2,1H3. The predicted molar refractivity (Wildman–Crippen MR) is 351 cm³/mol. The molecule has 0 N–H and O–H groups in total. The molecule has 0 atom stereocenters. The number of hydrogen-bond acceptors (Lipinski definition) is 0. The van der Waals surface area contributed by atoms with Gasteiger partial charge in [-0.05, 0) is 5.92 Å². The number of hydrogen-bond donors (Lipinski definition) is 0. The van der Waals surface area contributed by atoms with Crippen molar-refractivity contribution in [2.24, 2.45) is 5.92 Å². The lowest BCUT2D eigenvalue weighted by molar-refractivity contribution is 0.328. The van der Waals surface area contributed by atoms with Gasteiger partial charge >= 0.3 is 0 Å². The van der Waals surface area contributed by atoms with E-state index in [-0.39, 0.29) is 0 Å². The van der Waals surface area contributed by atoms with Crippen molar-refractivity contribution in [3.8, 4) is 0 Å². The molecule has 0 heterocycles. The number of rotatable bonds is 69. The third-order valence-corrected chi connectivity index (χ3v) is 19.2. The first kappa shape index (κ1) is 74.0. The van der Waals surface area contributed by atoms with Crippen molar-refractivity contribution in [1.82, 2.24) is 0 Å². The molecule has 1 aliphatic carbocycles. The van der Waals surface area contributed by atoms with E-state index in [1.807, 2.05) is 0 Å². The highest BCUT2D eigenvalue weighted by Crippen LogP contribution is 2.28. The molecular weight excluding hydrogens is 913 g/mol. The highest BCUT2D eigenvalue weighted by molar-refractivity contribution is 4.66. The van der Waals surface area contributed by atoms with E-state index in [4.69, 9.17) is 0 Å². The first-order valence-corrected chi connectivity index (χ1v) is 37.9. The van der Waals surface area contributed by atoms with Gasteiger partial charge in [-0.1, -0.05) is 482 Å². The van der Waals surface area contributed by atoms with Crippen molar-refractivity contribution < 1.29 is 0 Å². The van der Waals surface area contributed by atoms with E-state index in [1.165, 1.54) is 456 Å². The van der Waals surface area contributed by atoms with Gasteiger partial charge in [-0.3, -0.25) is 0 Å². The summed E-state index contributed by atoms with van der Waals surface area (Å²) in [5, 5.41) is 0. The molecule has 0 aromatic carbocycles. The van der Waals surface area contributed by atoms with Gasteiger partial charge in [-0.2, -0.15) is 0 Å². The Kier molecular flexibility index (Phi) is 67.5. The largest absolute Gasteiger partial charge is 0.0654 e. The fourth-order valence-electron chi connectivity index (χ4n) is 13.6. The van der Waals surface area contributed by atoms with Gasteiger partial charge in [0.05, 0.1) is 0 Å². The van der Waals surface area contributed by atoms with Crippen LogP contribution in [0.1, 0.15) is 482 Å². The fraction of sp³-hybridized carbons (Fsp3) is 1.00. The first-order valence-electron chi connectivity index (χ1n) is 37.9. The predicted octanol–water partition coefficient (Wildman–Crippen LogP) is 29.5. The Morgan fingerprint density at radius 1 is 0.145 bits per heavy atom. The highest BCUT2D eigenvalue weighted by atomic mass is 14.2. The van der Waals surface area contributed by atoms with Crippen LogP contribution in [0.4, 0.5) is 0 Å². The zero-order valence-corrected chi connectivity index (χ0v) is 53.9. The van der Waals surface area contributed by atoms with E-state index >= 15 is 0 Å². The molecule has 0 bridgehead atoms. The quantitative estimate of drug-likeness (QED) is 0.0533. The average Bonchev–Trinajstić information content (AvgIpc) is 3.44. The van der Waals surface area contributed by atoms with Gasteiger partial charge in [0.15, 0.2) is 0 Å². The van der Waals surface area contributed by atoms with E-state index in [9.17, 15) is 0 Å². The molecule has 0 amide bonds. The Morgan fingerprint density at radius 2 is 0.263 bits per heavy atom. The van der Waals surface area contributed by atoms with Crippen molar-refractivity contribution in [3.63, 3.8) is 0 Å². The molecule has 1 saturated carbocycles. The summed E-state index contributed by atoms with van der Waals surface area (Å²) in [5.41, 5.74) is 0. The maximum Gasteiger partial charge on any atom is -0.0414 e. The maximum atomic E-state index is 2.32. The van der Waals surface area contributed by atoms with Gasteiger partial charge < -0.3 is 0 Å². The lowest BCUT2D eigenvalue weighted by Crippen LogP contribution is -2.05. The Bertz CT molecular complexity index is 959. The van der Waals surface area contributed by atoms with Crippen molar-refractivity contribution in [2.45, 2.75) is 482 Å². The molecule has 1 aliphatic rings. The van der Waals surface area contributed by atoms with Crippen molar-refractivity contribution in [1.29, 1.82) is 0 Å². The van der Waals surface area contributed by atoms with Crippen LogP contribution in [-0.2, 0) is 0 Å². The summed E-state index contributed by atoms with van der Waals surface area (Å²) in [4.78, 5) is 0. The van der Waals surface area contributed by atoms with Crippen LogP contribution < -0.4 is 0 Å². The minimum atomic E-state index is 1.10. The zero-order valence-electron chi connectivity index (χ0n) is 53.9. The summed E-state index contributed by atoms with van der Waals surface area (Å²) in [5.74, 6) is 1.10. The molecule has 0 nitrogen and oxygen atoms in total. The molecule has 0 radical (unpaired) electrons. The zero-order chi connectivity index (χ0) is 53.9. The Morgan fingerprint density at radius 3 is 0.395 bits per heavy atom. The Labute approximate surface area is 485 Å². The summed E-state index contributed by atoms with van der Waals surface area (Å²) >= 11 is 0. The van der Waals surface area contributed by atoms with Crippen LogP contribution in [-0.4, -0.2) is 0 Å². The van der Waals surface area contributed by atoms with Crippen LogP contribution in [0.3, 0.4) is 0 Å². The lowest BCUT2D eigenvalue weighted by Gasteiger charge is -2.21. The van der Waals surface area contributed by atoms with Crippen LogP contribution >= 0.6 is 0 Å². The monoisotopic (exact) mass is 1070 g/mol. The van der Waals surface area contributed by atoms with E-state index in [0.717, 1.165) is 5.92 Å². The van der Waals surface area contributed by atoms with Crippen LogP contribution in [0.2, 0.25) is 0 Å². The molecule has 0 saturated heterocycles. The smallest absolute Gasteiger partial charge is 0.0414 e. The molecule has 0 aliphatic heterocycles. The molecule has 1 fully saturated rings. The van der Waals surface area contributed by atoms with Crippen LogP contribution in [0.15, 0.2) is 0 Å². The molecule has 1 rings (SSSR count). The van der Waals surface area contributed by atoms with Crippen molar-refractivity contribution in [2.75, 3.05) is 0 Å². The molecule has 0 aromatic heterocycles. The van der Waals surface area contributed by atoms with E-state index < -0.39 is 0 Å². The number of unbranched alkanes of at least 4 members (excludes halogenated alkanes) is 67. The molecule has 0 spiro atoms. The summed E-state index contributed by atoms with van der Waals surface area (Å²) in [7, 11) is 0. The van der Waals surface area contributed by atoms with E-state index in [1.54, 1.807) is 19.3 Å². The van der Waals surface area contributed by atoms with Gasteiger partial charge in [0.25, 0.3) is 0 Å². The highest BCUT2D eigenvalue weighted by Gasteiger charge is 2.12.